The molecule has 0 saturated heterocycles. The molecular weight excluding hydrogens is 298 g/mol. The van der Waals surface area contributed by atoms with E-state index in [9.17, 15) is 9.59 Å². The van der Waals surface area contributed by atoms with Crippen LogP contribution in [-0.2, 0) is 19.7 Å². The molecule has 0 fully saturated rings. The predicted molar refractivity (Wildman–Crippen MR) is 71.1 cm³/mol. The number of hydrogen-bond donors (Lipinski definition) is 0. The fourth-order valence-electron chi connectivity index (χ4n) is 1.49. The topological polar surface area (TPSA) is 56.3 Å². The number of pyridine rings is 1. The third-order valence-corrected chi connectivity index (χ3v) is 3.06. The number of carbonyl (C=O) groups is 1. The van der Waals surface area contributed by atoms with Crippen LogP contribution in [0.4, 0.5) is 0 Å². The molecule has 1 atom stereocenters. The van der Waals surface area contributed by atoms with Crippen molar-refractivity contribution in [3.8, 4) is 0 Å². The van der Waals surface area contributed by atoms with Crippen LogP contribution < -0.4 is 0 Å². The Hall–Kier alpha value is -1.45. The minimum absolute atomic E-state index is 0.265. The molecule has 0 amide bonds. The van der Waals surface area contributed by atoms with Gasteiger partial charge in [-0.1, -0.05) is 22.0 Å². The Morgan fingerprint density at radius 1 is 1.56 bits per heavy atom. The molecule has 1 aromatic heterocycles. The van der Waals surface area contributed by atoms with Gasteiger partial charge in [-0.05, 0) is 25.5 Å². The van der Waals surface area contributed by atoms with Crippen LogP contribution >= 0.6 is 15.9 Å². The highest BCUT2D eigenvalue weighted by molar-refractivity contribution is 9.08. The summed E-state index contributed by atoms with van der Waals surface area (Å²) in [6.45, 7) is 3.53. The van der Waals surface area contributed by atoms with E-state index in [1.807, 2.05) is 6.07 Å². The van der Waals surface area contributed by atoms with Crippen molar-refractivity contribution in [3.05, 3.63) is 35.2 Å². The Bertz CT molecular complexity index is 464. The van der Waals surface area contributed by atoms with E-state index < -0.39 is 11.9 Å². The van der Waals surface area contributed by atoms with Crippen molar-refractivity contribution in [1.29, 1.82) is 0 Å². The number of hydrogen-bond acceptors (Lipinski definition) is 4. The van der Waals surface area contributed by atoms with Gasteiger partial charge in [-0.2, -0.15) is 0 Å². The zero-order valence-electron chi connectivity index (χ0n) is 10.3. The summed E-state index contributed by atoms with van der Waals surface area (Å²) < 4.78 is 4.95. The number of alkyl halides is 1. The summed E-state index contributed by atoms with van der Waals surface area (Å²) >= 11 is 3.32. The first kappa shape index (κ1) is 14.6. The van der Waals surface area contributed by atoms with Crippen LogP contribution in [0.3, 0.4) is 0 Å². The lowest BCUT2D eigenvalue weighted by molar-refractivity contribution is -0.144. The minimum atomic E-state index is -0.771. The monoisotopic (exact) mass is 311 g/mol. The third-order valence-electron chi connectivity index (χ3n) is 2.41. The summed E-state index contributed by atoms with van der Waals surface area (Å²) in [7, 11) is 0. The van der Waals surface area contributed by atoms with Crippen molar-refractivity contribution >= 4 is 27.8 Å². The Morgan fingerprint density at radius 2 is 2.28 bits per heavy atom. The lowest BCUT2D eigenvalue weighted by Gasteiger charge is -2.13. The van der Waals surface area contributed by atoms with E-state index in [2.05, 4.69) is 20.9 Å². The van der Waals surface area contributed by atoms with E-state index in [0.717, 1.165) is 5.56 Å². The summed E-state index contributed by atoms with van der Waals surface area (Å²) in [5.74, 6) is 0.502. The second-order valence-electron chi connectivity index (χ2n) is 3.70. The average Bonchev–Trinajstić information content (AvgIpc) is 2.40. The number of carbonyl (C=O) groups excluding carboxylic acids is 2. The molecule has 18 heavy (non-hydrogen) atoms. The summed E-state index contributed by atoms with van der Waals surface area (Å²) in [4.78, 5) is 26.8. The molecule has 0 aromatic carbocycles. The first-order valence-electron chi connectivity index (χ1n) is 5.53. The zero-order valence-corrected chi connectivity index (χ0v) is 11.9. The number of rotatable bonds is 5. The fourth-order valence-corrected chi connectivity index (χ4v) is 1.82. The molecule has 0 aliphatic rings. The molecule has 4 nitrogen and oxygen atoms in total. The van der Waals surface area contributed by atoms with Gasteiger partial charge in [0, 0.05) is 17.1 Å². The van der Waals surface area contributed by atoms with E-state index in [4.69, 9.17) is 4.74 Å². The summed E-state index contributed by atoms with van der Waals surface area (Å²) in [6, 6.07) is 3.57. The van der Waals surface area contributed by atoms with E-state index in [1.165, 1.54) is 0 Å². The molecule has 0 bridgehead atoms. The van der Waals surface area contributed by atoms with Crippen molar-refractivity contribution < 1.29 is 14.3 Å². The van der Waals surface area contributed by atoms with E-state index >= 15 is 0 Å². The second-order valence-corrected chi connectivity index (χ2v) is 4.26. The number of aromatic nitrogens is 1. The van der Waals surface area contributed by atoms with Gasteiger partial charge >= 0.3 is 5.97 Å². The first-order chi connectivity index (χ1) is 8.63. The highest BCUT2D eigenvalue weighted by atomic mass is 79.9. The van der Waals surface area contributed by atoms with Gasteiger partial charge in [0.05, 0.1) is 12.3 Å². The van der Waals surface area contributed by atoms with Gasteiger partial charge in [0.2, 0.25) is 0 Å². The van der Waals surface area contributed by atoms with Crippen LogP contribution in [0.15, 0.2) is 23.9 Å². The molecule has 5 heteroatoms. The van der Waals surface area contributed by atoms with Crippen LogP contribution in [0.1, 0.15) is 31.0 Å². The Morgan fingerprint density at radius 3 is 2.72 bits per heavy atom. The predicted octanol–water partition coefficient (Wildman–Crippen LogP) is 2.40. The molecule has 1 rings (SSSR count). The summed E-state index contributed by atoms with van der Waals surface area (Å²) in [5, 5.41) is 0.687. The van der Waals surface area contributed by atoms with Crippen molar-refractivity contribution in [2.75, 3.05) is 6.61 Å². The Kier molecular flexibility index (Phi) is 5.75. The highest BCUT2D eigenvalue weighted by Crippen LogP contribution is 2.22. The molecule has 0 aliphatic carbocycles. The van der Waals surface area contributed by atoms with Crippen molar-refractivity contribution in [1.82, 2.24) is 4.98 Å². The SMILES string of the molecule is CCOC(=O)C(C(C)=C=O)c1ccc(CBr)cn1. The maximum absolute atomic E-state index is 11.8. The average molecular weight is 312 g/mol. The van der Waals surface area contributed by atoms with Gasteiger partial charge in [-0.15, -0.1) is 0 Å². The Balaban J connectivity index is 3.09. The van der Waals surface area contributed by atoms with Gasteiger partial charge in [0.1, 0.15) is 11.9 Å². The first-order valence-corrected chi connectivity index (χ1v) is 6.65. The number of esters is 1. The molecule has 1 aromatic rings. The van der Waals surface area contributed by atoms with E-state index in [0.29, 0.717) is 11.0 Å². The third kappa shape index (κ3) is 3.52. The molecule has 0 spiro atoms. The normalized spacial score (nSPS) is 11.5. The van der Waals surface area contributed by atoms with Gasteiger partial charge in [-0.25, -0.2) is 4.79 Å². The molecule has 0 radical (unpaired) electrons. The standard InChI is InChI=1S/C13H14BrNO3/c1-3-18-13(17)12(9(2)8-16)11-5-4-10(6-14)7-15-11/h4-5,7,12H,3,6H2,1-2H3. The van der Waals surface area contributed by atoms with Crippen LogP contribution in [0.5, 0.6) is 0 Å². The van der Waals surface area contributed by atoms with Crippen molar-refractivity contribution in [3.63, 3.8) is 0 Å². The molecule has 0 N–H and O–H groups in total. The van der Waals surface area contributed by atoms with E-state index in [-0.39, 0.29) is 12.2 Å². The van der Waals surface area contributed by atoms with Crippen LogP contribution in [-0.4, -0.2) is 23.5 Å². The molecule has 1 unspecified atom stereocenters. The fraction of sp³-hybridized carbons (Fsp3) is 0.385. The maximum Gasteiger partial charge on any atom is 0.319 e. The molecule has 0 saturated carbocycles. The summed E-state index contributed by atoms with van der Waals surface area (Å²) in [5.41, 5.74) is 1.76. The minimum Gasteiger partial charge on any atom is -0.465 e. The Labute approximate surface area is 114 Å². The molecule has 0 aliphatic heterocycles. The van der Waals surface area contributed by atoms with Gasteiger partial charge in [-0.3, -0.25) is 9.78 Å². The number of halogens is 1. The van der Waals surface area contributed by atoms with Gasteiger partial charge in [0.15, 0.2) is 0 Å². The highest BCUT2D eigenvalue weighted by Gasteiger charge is 2.26. The van der Waals surface area contributed by atoms with Gasteiger partial charge < -0.3 is 4.74 Å². The molecule has 96 valence electrons. The van der Waals surface area contributed by atoms with Gasteiger partial charge in [0.25, 0.3) is 0 Å². The quantitative estimate of drug-likeness (QED) is 0.476. The molecular formula is C13H14BrNO3. The number of ether oxygens (including phenoxy) is 1. The lowest BCUT2D eigenvalue weighted by atomic mass is 9.97. The molecule has 1 heterocycles. The van der Waals surface area contributed by atoms with Crippen LogP contribution in [0.2, 0.25) is 0 Å². The zero-order chi connectivity index (χ0) is 13.5. The largest absolute Gasteiger partial charge is 0.465 e. The van der Waals surface area contributed by atoms with Crippen molar-refractivity contribution in [2.24, 2.45) is 0 Å². The van der Waals surface area contributed by atoms with E-state index in [1.54, 1.807) is 32.1 Å². The number of nitrogens with zero attached hydrogens (tertiary/aromatic N) is 1. The maximum atomic E-state index is 11.8. The lowest BCUT2D eigenvalue weighted by Crippen LogP contribution is -2.18. The van der Waals surface area contributed by atoms with Crippen molar-refractivity contribution in [2.45, 2.75) is 25.1 Å². The second kappa shape index (κ2) is 7.09. The smallest absolute Gasteiger partial charge is 0.319 e. The van der Waals surface area contributed by atoms with Crippen LogP contribution in [0.25, 0.3) is 0 Å². The van der Waals surface area contributed by atoms with Crippen LogP contribution in [0, 0.1) is 0 Å². The summed E-state index contributed by atoms with van der Waals surface area (Å²) in [6.07, 6.45) is 1.66.